The Balaban J connectivity index is 0.000000385. The Morgan fingerprint density at radius 3 is 2.38 bits per heavy atom. The van der Waals surface area contributed by atoms with E-state index in [0.29, 0.717) is 5.02 Å². The number of carboxylic acids is 1. The van der Waals surface area contributed by atoms with Gasteiger partial charge in [0.1, 0.15) is 0 Å². The number of halogens is 1. The normalized spacial score (nSPS) is 8.38. The minimum Gasteiger partial charge on any atom is -0.478 e. The van der Waals surface area contributed by atoms with Crippen LogP contribution >= 0.6 is 11.6 Å². The maximum atomic E-state index is 10.6. The molecule has 0 aromatic heterocycles. The molecule has 0 fully saturated rings. The van der Waals surface area contributed by atoms with Crippen molar-refractivity contribution in [3.8, 4) is 0 Å². The van der Waals surface area contributed by atoms with Gasteiger partial charge < -0.3 is 5.11 Å². The number of carbonyl (C=O) groups is 2. The van der Waals surface area contributed by atoms with Crippen LogP contribution in [0.25, 0.3) is 0 Å². The molecule has 0 saturated carbocycles. The van der Waals surface area contributed by atoms with Gasteiger partial charge in [0, 0.05) is 11.1 Å². The van der Waals surface area contributed by atoms with Crippen molar-refractivity contribution in [3.05, 3.63) is 47.5 Å². The summed E-state index contributed by atoms with van der Waals surface area (Å²) in [5.41, 5.74) is 0.222. The van der Waals surface area contributed by atoms with Crippen LogP contribution in [0.5, 0.6) is 0 Å². The lowest BCUT2D eigenvalue weighted by Crippen LogP contribution is -2.00. The zero-order valence-corrected chi connectivity index (χ0v) is 8.85. The van der Waals surface area contributed by atoms with Gasteiger partial charge in [-0.05, 0) is 18.2 Å². The van der Waals surface area contributed by atoms with Gasteiger partial charge in [0.2, 0.25) is 0 Å². The second kappa shape index (κ2) is 7.44. The molecular weight excluding hydrogens is 236 g/mol. The Morgan fingerprint density at radius 2 is 2.00 bits per heavy atom. The molecule has 16 heavy (non-hydrogen) atoms. The predicted octanol–water partition coefficient (Wildman–Crippen LogP) is 2.23. The van der Waals surface area contributed by atoms with Crippen LogP contribution in [0.4, 0.5) is 0 Å². The lowest BCUT2D eigenvalue weighted by atomic mass is 10.2. The number of rotatable bonds is 2. The highest BCUT2D eigenvalue weighted by Crippen LogP contribution is 2.10. The molecule has 2 N–H and O–H groups in total. The van der Waals surface area contributed by atoms with Gasteiger partial charge in [0.25, 0.3) is 0 Å². The van der Waals surface area contributed by atoms with Gasteiger partial charge >= 0.3 is 11.9 Å². The summed E-state index contributed by atoms with van der Waals surface area (Å²) >= 11 is 5.56. The van der Waals surface area contributed by atoms with Gasteiger partial charge in [-0.1, -0.05) is 24.2 Å². The van der Waals surface area contributed by atoms with E-state index < -0.39 is 11.9 Å². The summed E-state index contributed by atoms with van der Waals surface area (Å²) < 4.78 is 0. The number of aliphatic carboxylic acids is 1. The van der Waals surface area contributed by atoms with Gasteiger partial charge in [-0.25, -0.2) is 9.59 Å². The van der Waals surface area contributed by atoms with Crippen molar-refractivity contribution in [1.29, 1.82) is 0 Å². The highest BCUT2D eigenvalue weighted by atomic mass is 35.5. The Morgan fingerprint density at radius 1 is 1.44 bits per heavy atom. The van der Waals surface area contributed by atoms with Crippen molar-refractivity contribution in [2.24, 2.45) is 0 Å². The smallest absolute Gasteiger partial charge is 0.372 e. The van der Waals surface area contributed by atoms with Gasteiger partial charge in [-0.2, -0.15) is 5.26 Å². The third-order valence-corrected chi connectivity index (χ3v) is 1.55. The molecule has 5 nitrogen and oxygen atoms in total. The monoisotopic (exact) mass is 244 g/mol. The largest absolute Gasteiger partial charge is 0.478 e. The molecule has 0 saturated heterocycles. The molecule has 0 aliphatic carbocycles. The molecule has 0 aliphatic rings. The topological polar surface area (TPSA) is 83.8 Å². The average molecular weight is 245 g/mol. The maximum absolute atomic E-state index is 10.6. The lowest BCUT2D eigenvalue weighted by molar-refractivity contribution is -0.182. The molecule has 1 aromatic rings. The first-order chi connectivity index (χ1) is 7.51. The van der Waals surface area contributed by atoms with E-state index in [9.17, 15) is 9.59 Å². The van der Waals surface area contributed by atoms with E-state index in [1.165, 1.54) is 12.1 Å². The summed E-state index contributed by atoms with van der Waals surface area (Å²) in [6, 6.07) is 6.11. The van der Waals surface area contributed by atoms with Crippen molar-refractivity contribution < 1.29 is 24.8 Å². The quantitative estimate of drug-likeness (QED) is 0.473. The van der Waals surface area contributed by atoms with Crippen LogP contribution in [0.3, 0.4) is 0 Å². The summed E-state index contributed by atoms with van der Waals surface area (Å²) in [5.74, 6) is -1.79. The third-order valence-electron chi connectivity index (χ3n) is 1.32. The summed E-state index contributed by atoms with van der Waals surface area (Å²) in [5, 5.41) is 16.0. The molecule has 0 spiro atoms. The maximum Gasteiger partial charge on any atom is 0.372 e. The fraction of sp³-hybridized carbons (Fsp3) is 0. The van der Waals surface area contributed by atoms with E-state index in [1.807, 2.05) is 0 Å². The molecule has 0 radical (unpaired) electrons. The van der Waals surface area contributed by atoms with Gasteiger partial charge in [0.05, 0.1) is 5.56 Å². The second-order valence-corrected chi connectivity index (χ2v) is 2.87. The number of hydrogen-bond acceptors (Lipinski definition) is 4. The van der Waals surface area contributed by atoms with Gasteiger partial charge in [-0.3, -0.25) is 4.89 Å². The molecule has 0 unspecified atom stereocenters. The van der Waals surface area contributed by atoms with Crippen LogP contribution in [0, 0.1) is 0 Å². The van der Waals surface area contributed by atoms with Crippen LogP contribution in [0.15, 0.2) is 36.9 Å². The van der Waals surface area contributed by atoms with Crippen molar-refractivity contribution in [2.75, 3.05) is 0 Å². The lowest BCUT2D eigenvalue weighted by Gasteiger charge is -1.95. The third kappa shape index (κ3) is 5.79. The van der Waals surface area contributed by atoms with Gasteiger partial charge in [-0.15, -0.1) is 0 Å². The van der Waals surface area contributed by atoms with E-state index in [4.69, 9.17) is 22.0 Å². The molecule has 0 bridgehead atoms. The molecular formula is C10H9ClO5. The summed E-state index contributed by atoms with van der Waals surface area (Å²) in [4.78, 5) is 23.4. The van der Waals surface area contributed by atoms with Crippen LogP contribution < -0.4 is 0 Å². The zero-order valence-electron chi connectivity index (χ0n) is 8.09. The summed E-state index contributed by atoms with van der Waals surface area (Å²) in [7, 11) is 0. The minimum atomic E-state index is -0.981. The van der Waals surface area contributed by atoms with E-state index in [-0.39, 0.29) is 5.56 Å². The minimum absolute atomic E-state index is 0.222. The Kier molecular flexibility index (Phi) is 6.58. The first-order valence-corrected chi connectivity index (χ1v) is 4.35. The fourth-order valence-corrected chi connectivity index (χ4v) is 0.858. The standard InChI is InChI=1S/C7H5ClO3.C3H4O2/c8-6-3-1-2-5(4-6)7(9)11-10;1-2-3(4)5/h1-4,10H;2H,1H2,(H,4,5). The van der Waals surface area contributed by atoms with Crippen molar-refractivity contribution in [3.63, 3.8) is 0 Å². The molecule has 86 valence electrons. The zero-order chi connectivity index (χ0) is 12.6. The molecule has 1 aromatic carbocycles. The summed E-state index contributed by atoms with van der Waals surface area (Å²) in [6.07, 6.45) is 0.833. The first-order valence-electron chi connectivity index (χ1n) is 3.98. The van der Waals surface area contributed by atoms with Crippen molar-refractivity contribution in [2.45, 2.75) is 0 Å². The summed E-state index contributed by atoms with van der Waals surface area (Å²) in [6.45, 7) is 2.96. The number of benzene rings is 1. The Hall–Kier alpha value is -1.85. The Labute approximate surface area is 96.5 Å². The van der Waals surface area contributed by atoms with Crippen molar-refractivity contribution in [1.82, 2.24) is 0 Å². The van der Waals surface area contributed by atoms with Crippen LogP contribution in [0.1, 0.15) is 10.4 Å². The number of hydrogen-bond donors (Lipinski definition) is 2. The van der Waals surface area contributed by atoms with Gasteiger partial charge in [0.15, 0.2) is 0 Å². The second-order valence-electron chi connectivity index (χ2n) is 2.43. The van der Waals surface area contributed by atoms with E-state index in [0.717, 1.165) is 6.08 Å². The molecule has 0 amide bonds. The average Bonchev–Trinajstić information content (AvgIpc) is 2.28. The highest BCUT2D eigenvalue weighted by Gasteiger charge is 2.05. The first kappa shape index (κ1) is 14.2. The van der Waals surface area contributed by atoms with Crippen LogP contribution in [-0.4, -0.2) is 22.3 Å². The molecule has 0 aliphatic heterocycles. The van der Waals surface area contributed by atoms with E-state index in [1.54, 1.807) is 12.1 Å². The van der Waals surface area contributed by atoms with Crippen molar-refractivity contribution >= 4 is 23.5 Å². The number of carboxylic acid groups (broad SMARTS) is 1. The SMILES string of the molecule is C=CC(=O)O.O=C(OO)c1cccc(Cl)c1. The number of carbonyl (C=O) groups excluding carboxylic acids is 1. The molecule has 0 heterocycles. The highest BCUT2D eigenvalue weighted by molar-refractivity contribution is 6.30. The fourth-order valence-electron chi connectivity index (χ4n) is 0.668. The van der Waals surface area contributed by atoms with E-state index in [2.05, 4.69) is 11.5 Å². The predicted molar refractivity (Wildman–Crippen MR) is 57.3 cm³/mol. The Bertz CT molecular complexity index is 389. The molecule has 0 atom stereocenters. The van der Waals surface area contributed by atoms with Crippen LogP contribution in [-0.2, 0) is 9.68 Å². The molecule has 1 rings (SSSR count). The van der Waals surface area contributed by atoms with E-state index >= 15 is 0 Å². The molecule has 6 heteroatoms. The van der Waals surface area contributed by atoms with Crippen LogP contribution in [0.2, 0.25) is 5.02 Å².